The van der Waals surface area contributed by atoms with Crippen molar-refractivity contribution < 1.29 is 23.1 Å². The van der Waals surface area contributed by atoms with E-state index in [1.54, 1.807) is 30.3 Å². The lowest BCUT2D eigenvalue weighted by molar-refractivity contribution is -0.136. The quantitative estimate of drug-likeness (QED) is 0.658. The summed E-state index contributed by atoms with van der Waals surface area (Å²) in [6.45, 7) is 0.154. The minimum absolute atomic E-state index is 0.0567. The fourth-order valence-corrected chi connectivity index (χ4v) is 4.93. The van der Waals surface area contributed by atoms with Gasteiger partial charge < -0.3 is 14.1 Å². The van der Waals surface area contributed by atoms with Gasteiger partial charge in [0.2, 0.25) is 0 Å². The number of hydrogen-bond acceptors (Lipinski definition) is 4. The lowest BCUT2D eigenvalue weighted by Gasteiger charge is -2.36. The zero-order valence-electron chi connectivity index (χ0n) is 15.8. The minimum Gasteiger partial charge on any atom is -0.483 e. The van der Waals surface area contributed by atoms with Crippen LogP contribution in [0.2, 0.25) is 10.0 Å². The molecule has 156 valence electrons. The number of furan rings is 1. The number of nitrogens with zero attached hydrogens (tertiary/aromatic N) is 1. The third-order valence-electron chi connectivity index (χ3n) is 6.04. The maximum absolute atomic E-state index is 14.0. The van der Waals surface area contributed by atoms with E-state index in [9.17, 15) is 14.0 Å². The Morgan fingerprint density at radius 1 is 1.13 bits per heavy atom. The summed E-state index contributed by atoms with van der Waals surface area (Å²) in [4.78, 5) is 28.3. The number of benzene rings is 1. The number of halogens is 3. The maximum Gasteiger partial charge on any atom is 0.290 e. The molecule has 4 atom stereocenters. The summed E-state index contributed by atoms with van der Waals surface area (Å²) in [5, 5.41) is 0.688. The Morgan fingerprint density at radius 3 is 2.70 bits per heavy atom. The van der Waals surface area contributed by atoms with Gasteiger partial charge in [0.25, 0.3) is 5.91 Å². The second kappa shape index (κ2) is 7.43. The number of ketones is 1. The summed E-state index contributed by atoms with van der Waals surface area (Å²) in [7, 11) is 0. The number of amides is 1. The number of hydrogen-bond donors (Lipinski definition) is 0. The van der Waals surface area contributed by atoms with Crippen LogP contribution in [0.25, 0.3) is 0 Å². The summed E-state index contributed by atoms with van der Waals surface area (Å²) >= 11 is 12.3. The third kappa shape index (κ3) is 3.13. The Labute approximate surface area is 182 Å². The average molecular weight is 450 g/mol. The SMILES string of the molecule is O=C1C2=C(OC3CCC(F)CC13)C(=O)N(Cc1ccco1)C2c1ccc(Cl)c(Cl)c1. The van der Waals surface area contributed by atoms with Crippen LogP contribution in [0.4, 0.5) is 4.39 Å². The lowest BCUT2D eigenvalue weighted by Crippen LogP contribution is -2.42. The molecule has 3 heterocycles. The Balaban J connectivity index is 1.60. The van der Waals surface area contributed by atoms with Crippen molar-refractivity contribution in [3.63, 3.8) is 0 Å². The van der Waals surface area contributed by atoms with Crippen LogP contribution in [0.3, 0.4) is 0 Å². The molecule has 5 nitrogen and oxygen atoms in total. The number of carbonyl (C=O) groups is 2. The van der Waals surface area contributed by atoms with Gasteiger partial charge in [0.15, 0.2) is 11.5 Å². The van der Waals surface area contributed by atoms with E-state index in [0.29, 0.717) is 34.2 Å². The van der Waals surface area contributed by atoms with Gasteiger partial charge >= 0.3 is 0 Å². The normalized spacial score (nSPS) is 28.4. The van der Waals surface area contributed by atoms with E-state index < -0.39 is 24.2 Å². The zero-order valence-corrected chi connectivity index (χ0v) is 17.3. The molecule has 1 aliphatic carbocycles. The smallest absolute Gasteiger partial charge is 0.290 e. The van der Waals surface area contributed by atoms with E-state index in [4.69, 9.17) is 32.4 Å². The fourth-order valence-electron chi connectivity index (χ4n) is 4.63. The third-order valence-corrected chi connectivity index (χ3v) is 6.78. The van der Waals surface area contributed by atoms with Gasteiger partial charge in [-0.3, -0.25) is 9.59 Å². The van der Waals surface area contributed by atoms with E-state index >= 15 is 0 Å². The molecular weight excluding hydrogens is 432 g/mol. The van der Waals surface area contributed by atoms with Crippen molar-refractivity contribution >= 4 is 34.9 Å². The van der Waals surface area contributed by atoms with E-state index in [0.717, 1.165) is 0 Å². The van der Waals surface area contributed by atoms with Crippen LogP contribution >= 0.6 is 23.2 Å². The predicted octanol–water partition coefficient (Wildman–Crippen LogP) is 5.03. The first kappa shape index (κ1) is 19.6. The Bertz CT molecular complexity index is 1050. The molecule has 1 aromatic heterocycles. The van der Waals surface area contributed by atoms with Gasteiger partial charge in [0.1, 0.15) is 18.0 Å². The molecular formula is C22H18Cl2FNO4. The molecule has 1 saturated carbocycles. The van der Waals surface area contributed by atoms with E-state index in [1.807, 2.05) is 0 Å². The molecule has 0 radical (unpaired) electrons. The Hall–Kier alpha value is -2.31. The van der Waals surface area contributed by atoms with Gasteiger partial charge in [-0.25, -0.2) is 4.39 Å². The van der Waals surface area contributed by atoms with Crippen molar-refractivity contribution in [3.8, 4) is 0 Å². The van der Waals surface area contributed by atoms with Gasteiger partial charge in [0, 0.05) is 0 Å². The molecule has 1 fully saturated rings. The van der Waals surface area contributed by atoms with Crippen LogP contribution in [-0.2, 0) is 20.9 Å². The van der Waals surface area contributed by atoms with Crippen molar-refractivity contribution in [2.75, 3.05) is 0 Å². The molecule has 30 heavy (non-hydrogen) atoms. The van der Waals surface area contributed by atoms with Crippen LogP contribution in [0.1, 0.15) is 36.6 Å². The number of ether oxygens (including phenoxy) is 1. The molecule has 0 N–H and O–H groups in total. The van der Waals surface area contributed by atoms with Crippen molar-refractivity contribution in [3.05, 3.63) is 69.3 Å². The van der Waals surface area contributed by atoms with Crippen molar-refractivity contribution in [2.24, 2.45) is 5.92 Å². The number of carbonyl (C=O) groups excluding carboxylic acids is 2. The molecule has 8 heteroatoms. The number of fused-ring (bicyclic) bond motifs is 1. The van der Waals surface area contributed by atoms with Crippen molar-refractivity contribution in [1.29, 1.82) is 0 Å². The summed E-state index contributed by atoms with van der Waals surface area (Å²) < 4.78 is 25.5. The standard InChI is InChI=1S/C22H18Cl2FNO4/c23-15-5-3-11(8-16(15)24)19-18-20(27)14-9-12(25)4-6-17(14)30-21(18)22(28)26(19)10-13-2-1-7-29-13/h1-3,5,7-8,12,14,17,19H,4,6,9-10H2. The first-order chi connectivity index (χ1) is 14.4. The van der Waals surface area contributed by atoms with Crippen LogP contribution < -0.4 is 0 Å². The molecule has 0 saturated heterocycles. The summed E-state index contributed by atoms with van der Waals surface area (Å²) in [5.74, 6) is -0.570. The molecule has 0 bridgehead atoms. The van der Waals surface area contributed by atoms with Gasteiger partial charge in [0.05, 0.1) is 40.4 Å². The van der Waals surface area contributed by atoms with Crippen LogP contribution in [0, 0.1) is 5.92 Å². The average Bonchev–Trinajstić information content (AvgIpc) is 3.33. The van der Waals surface area contributed by atoms with Crippen molar-refractivity contribution in [1.82, 2.24) is 4.90 Å². The Kier molecular flexibility index (Phi) is 4.86. The summed E-state index contributed by atoms with van der Waals surface area (Å²) in [5.41, 5.74) is 0.901. The minimum atomic E-state index is -1.04. The highest BCUT2D eigenvalue weighted by Gasteiger charge is 2.53. The Morgan fingerprint density at radius 2 is 1.97 bits per heavy atom. The van der Waals surface area contributed by atoms with Gasteiger partial charge in [-0.2, -0.15) is 0 Å². The number of rotatable bonds is 3. The second-order valence-corrected chi connectivity index (χ2v) is 8.68. The maximum atomic E-state index is 14.0. The van der Waals surface area contributed by atoms with Gasteiger partial charge in [-0.05, 0) is 49.1 Å². The number of Topliss-reactive ketones (excluding diaryl/α,β-unsaturated/α-hetero) is 1. The summed E-state index contributed by atoms with van der Waals surface area (Å²) in [6, 6.07) is 7.78. The molecule has 1 aromatic carbocycles. The van der Waals surface area contributed by atoms with E-state index in [1.165, 1.54) is 11.2 Å². The highest BCUT2D eigenvalue weighted by molar-refractivity contribution is 6.42. The van der Waals surface area contributed by atoms with Crippen LogP contribution in [0.15, 0.2) is 52.3 Å². The van der Waals surface area contributed by atoms with Crippen molar-refractivity contribution in [2.45, 2.75) is 44.1 Å². The van der Waals surface area contributed by atoms with Gasteiger partial charge in [-0.1, -0.05) is 29.3 Å². The second-order valence-electron chi connectivity index (χ2n) is 7.87. The van der Waals surface area contributed by atoms with Gasteiger partial charge in [-0.15, -0.1) is 0 Å². The molecule has 0 spiro atoms. The van der Waals surface area contributed by atoms with Crippen LogP contribution in [-0.4, -0.2) is 28.9 Å². The molecule has 1 amide bonds. The highest BCUT2D eigenvalue weighted by atomic mass is 35.5. The topological polar surface area (TPSA) is 59.8 Å². The molecule has 5 rings (SSSR count). The lowest BCUT2D eigenvalue weighted by atomic mass is 9.77. The zero-order chi connectivity index (χ0) is 21.0. The molecule has 3 aliphatic rings. The monoisotopic (exact) mass is 449 g/mol. The first-order valence-electron chi connectivity index (χ1n) is 9.81. The van der Waals surface area contributed by atoms with Crippen LogP contribution in [0.5, 0.6) is 0 Å². The fraction of sp³-hybridized carbons (Fsp3) is 0.364. The number of alkyl halides is 1. The first-order valence-corrected chi connectivity index (χ1v) is 10.6. The van der Waals surface area contributed by atoms with E-state index in [-0.39, 0.29) is 36.0 Å². The van der Waals surface area contributed by atoms with E-state index in [2.05, 4.69) is 0 Å². The highest BCUT2D eigenvalue weighted by Crippen LogP contribution is 2.48. The molecule has 2 aromatic rings. The molecule has 2 aliphatic heterocycles. The molecule has 4 unspecified atom stereocenters. The predicted molar refractivity (Wildman–Crippen MR) is 108 cm³/mol. The summed E-state index contributed by atoms with van der Waals surface area (Å²) in [6.07, 6.45) is 0.871. The largest absolute Gasteiger partial charge is 0.483 e.